The third kappa shape index (κ3) is 1.38. The molecule has 13 heavy (non-hydrogen) atoms. The highest BCUT2D eigenvalue weighted by Crippen LogP contribution is 2.29. The molecule has 0 saturated carbocycles. The van der Waals surface area contributed by atoms with E-state index in [1.54, 1.807) is 12.1 Å². The first-order chi connectivity index (χ1) is 6.16. The molecule has 0 radical (unpaired) electrons. The Morgan fingerprint density at radius 3 is 2.85 bits per heavy atom. The molecule has 0 spiro atoms. The Kier molecular flexibility index (Phi) is 1.73. The maximum Gasteiger partial charge on any atom is 0.237 e. The molecule has 5 heteroatoms. The number of fused-ring (bicyclic) bond motifs is 1. The first-order valence-electron chi connectivity index (χ1n) is 3.64. The Hall–Kier alpha value is -1.49. The molecule has 66 valence electrons. The maximum absolute atomic E-state index is 11.1. The minimum atomic E-state index is -0.394. The van der Waals surface area contributed by atoms with Crippen LogP contribution in [0.5, 0.6) is 0 Å². The third-order valence-electron chi connectivity index (χ3n) is 1.73. The van der Waals surface area contributed by atoms with Crippen LogP contribution < -0.4 is 0 Å². The van der Waals surface area contributed by atoms with E-state index in [1.807, 2.05) is 0 Å². The van der Waals surface area contributed by atoms with Gasteiger partial charge in [-0.2, -0.15) is 0 Å². The Morgan fingerprint density at radius 1 is 1.46 bits per heavy atom. The number of allylic oxidation sites excluding steroid dienone is 1. The first kappa shape index (κ1) is 8.12. The van der Waals surface area contributed by atoms with Gasteiger partial charge >= 0.3 is 0 Å². The number of hydrogen-bond acceptors (Lipinski definition) is 4. The van der Waals surface area contributed by atoms with Crippen LogP contribution in [0, 0.1) is 10.1 Å². The summed E-state index contributed by atoms with van der Waals surface area (Å²) in [6.45, 7) is -0.196. The van der Waals surface area contributed by atoms with E-state index in [9.17, 15) is 14.9 Å². The Balaban J connectivity index is 2.34. The lowest BCUT2D eigenvalue weighted by Crippen LogP contribution is -1.94. The summed E-state index contributed by atoms with van der Waals surface area (Å²) in [5.41, 5.74) is 0.812. The highest BCUT2D eigenvalue weighted by Gasteiger charge is 2.19. The summed E-state index contributed by atoms with van der Waals surface area (Å²) in [5.74, 6) is -0.0467. The van der Waals surface area contributed by atoms with Gasteiger partial charge in [-0.15, -0.1) is 11.3 Å². The molecule has 0 N–H and O–H groups in total. The third-order valence-corrected chi connectivity index (χ3v) is 2.88. The molecular weight excluding hydrogens is 190 g/mol. The van der Waals surface area contributed by atoms with Crippen LogP contribution in [0.4, 0.5) is 0 Å². The topological polar surface area (TPSA) is 60.2 Å². The zero-order valence-corrected chi connectivity index (χ0v) is 7.34. The van der Waals surface area contributed by atoms with E-state index in [4.69, 9.17) is 0 Å². The van der Waals surface area contributed by atoms with Crippen molar-refractivity contribution in [1.82, 2.24) is 0 Å². The van der Waals surface area contributed by atoms with Gasteiger partial charge in [0.2, 0.25) is 6.54 Å². The van der Waals surface area contributed by atoms with Crippen molar-refractivity contribution < 1.29 is 9.72 Å². The van der Waals surface area contributed by atoms with E-state index >= 15 is 0 Å². The standard InChI is InChI=1S/C8H5NO3S/c10-7-2-1-5-3-6(4-9(11)12)13-8(5)7/h1-3H,4H2. The van der Waals surface area contributed by atoms with E-state index in [-0.39, 0.29) is 12.3 Å². The Morgan fingerprint density at radius 2 is 2.23 bits per heavy atom. The van der Waals surface area contributed by atoms with Gasteiger partial charge in [-0.25, -0.2) is 0 Å². The van der Waals surface area contributed by atoms with Gasteiger partial charge in [-0.05, 0) is 23.8 Å². The molecule has 0 saturated heterocycles. The fourth-order valence-electron chi connectivity index (χ4n) is 1.22. The average molecular weight is 195 g/mol. The number of ketones is 1. The second kappa shape index (κ2) is 2.77. The molecule has 0 aliphatic heterocycles. The largest absolute Gasteiger partial charge is 0.288 e. The lowest BCUT2D eigenvalue weighted by atomic mass is 10.3. The van der Waals surface area contributed by atoms with Gasteiger partial charge in [0.05, 0.1) is 9.75 Å². The summed E-state index contributed by atoms with van der Waals surface area (Å²) in [6, 6.07) is 1.70. The van der Waals surface area contributed by atoms with E-state index in [2.05, 4.69) is 0 Å². The van der Waals surface area contributed by atoms with Crippen molar-refractivity contribution in [2.24, 2.45) is 0 Å². The van der Waals surface area contributed by atoms with Crippen molar-refractivity contribution in [2.75, 3.05) is 0 Å². The van der Waals surface area contributed by atoms with Crippen LogP contribution in [0.25, 0.3) is 6.08 Å². The fourth-order valence-corrected chi connectivity index (χ4v) is 2.25. The molecule has 1 aliphatic rings. The van der Waals surface area contributed by atoms with Gasteiger partial charge in [-0.3, -0.25) is 14.9 Å². The van der Waals surface area contributed by atoms with Crippen LogP contribution in [-0.4, -0.2) is 10.7 Å². The van der Waals surface area contributed by atoms with Gasteiger partial charge in [0.1, 0.15) is 0 Å². The van der Waals surface area contributed by atoms with Crippen molar-refractivity contribution in [3.05, 3.63) is 37.6 Å². The molecule has 4 nitrogen and oxygen atoms in total. The van der Waals surface area contributed by atoms with Gasteiger partial charge in [0.25, 0.3) is 0 Å². The van der Waals surface area contributed by atoms with Crippen LogP contribution >= 0.6 is 11.3 Å². The number of rotatable bonds is 2. The molecule has 2 rings (SSSR count). The molecule has 0 amide bonds. The predicted molar refractivity (Wildman–Crippen MR) is 48.4 cm³/mol. The van der Waals surface area contributed by atoms with Crippen LogP contribution in [0.3, 0.4) is 0 Å². The number of nitro groups is 1. The predicted octanol–water partition coefficient (Wildman–Crippen LogP) is 1.73. The van der Waals surface area contributed by atoms with Crippen molar-refractivity contribution in [2.45, 2.75) is 6.54 Å². The van der Waals surface area contributed by atoms with Gasteiger partial charge in [-0.1, -0.05) is 0 Å². The molecule has 0 unspecified atom stereocenters. The average Bonchev–Trinajstić information content (AvgIpc) is 2.53. The van der Waals surface area contributed by atoms with Gasteiger partial charge in [0, 0.05) is 4.92 Å². The minimum absolute atomic E-state index is 0.0467. The van der Waals surface area contributed by atoms with Gasteiger partial charge < -0.3 is 0 Å². The lowest BCUT2D eigenvalue weighted by molar-refractivity contribution is -0.496. The normalized spacial score (nSPS) is 13.4. The number of hydrogen-bond donors (Lipinski definition) is 0. The molecule has 1 aromatic heterocycles. The van der Waals surface area contributed by atoms with E-state index in [0.29, 0.717) is 9.75 Å². The summed E-state index contributed by atoms with van der Waals surface area (Å²) in [4.78, 5) is 22.2. The van der Waals surface area contributed by atoms with E-state index < -0.39 is 4.92 Å². The SMILES string of the molecule is O=C1C=Cc2cc(C[N+](=O)[O-])sc21. The number of carbonyl (C=O) groups excluding carboxylic acids is 1. The van der Waals surface area contributed by atoms with Crippen molar-refractivity contribution in [1.29, 1.82) is 0 Å². The molecule has 0 bridgehead atoms. The minimum Gasteiger partial charge on any atom is -0.288 e. The quantitative estimate of drug-likeness (QED) is 0.533. The Bertz CT molecular complexity index is 419. The van der Waals surface area contributed by atoms with E-state index in [1.165, 1.54) is 17.4 Å². The number of thiophene rings is 1. The number of carbonyl (C=O) groups is 1. The highest BCUT2D eigenvalue weighted by molar-refractivity contribution is 7.14. The smallest absolute Gasteiger partial charge is 0.237 e. The zero-order chi connectivity index (χ0) is 9.42. The van der Waals surface area contributed by atoms with Crippen molar-refractivity contribution in [3.8, 4) is 0 Å². The number of nitrogens with zero attached hydrogens (tertiary/aromatic N) is 1. The summed E-state index contributed by atoms with van der Waals surface area (Å²) >= 11 is 1.20. The Labute approximate surface area is 77.7 Å². The van der Waals surface area contributed by atoms with Crippen molar-refractivity contribution in [3.63, 3.8) is 0 Å². The monoisotopic (exact) mass is 195 g/mol. The fraction of sp³-hybridized carbons (Fsp3) is 0.125. The molecule has 0 fully saturated rings. The summed E-state index contributed by atoms with van der Waals surface area (Å²) < 4.78 is 0. The van der Waals surface area contributed by atoms with Crippen LogP contribution in [0.2, 0.25) is 0 Å². The van der Waals surface area contributed by atoms with Crippen LogP contribution in [0.15, 0.2) is 12.1 Å². The molecular formula is C8H5NO3S. The molecule has 0 aromatic carbocycles. The lowest BCUT2D eigenvalue weighted by Gasteiger charge is -1.86. The zero-order valence-electron chi connectivity index (χ0n) is 6.52. The first-order valence-corrected chi connectivity index (χ1v) is 4.45. The van der Waals surface area contributed by atoms with Crippen molar-refractivity contribution >= 4 is 23.2 Å². The van der Waals surface area contributed by atoms with Crippen LogP contribution in [0.1, 0.15) is 20.1 Å². The van der Waals surface area contributed by atoms with Gasteiger partial charge in [0.15, 0.2) is 5.78 Å². The second-order valence-corrected chi connectivity index (χ2v) is 3.82. The van der Waals surface area contributed by atoms with Crippen LogP contribution in [-0.2, 0) is 6.54 Å². The molecule has 1 aromatic rings. The summed E-state index contributed by atoms with van der Waals surface area (Å²) in [5, 5.41) is 10.2. The molecule has 1 aliphatic carbocycles. The second-order valence-electron chi connectivity index (χ2n) is 2.69. The maximum atomic E-state index is 11.1. The summed E-state index contributed by atoms with van der Waals surface area (Å²) in [7, 11) is 0. The highest BCUT2D eigenvalue weighted by atomic mass is 32.1. The molecule has 0 atom stereocenters. The summed E-state index contributed by atoms with van der Waals surface area (Å²) in [6.07, 6.45) is 3.18. The van der Waals surface area contributed by atoms with E-state index in [0.717, 1.165) is 5.56 Å². The molecule has 1 heterocycles.